The third-order valence-corrected chi connectivity index (χ3v) is 4.78. The summed E-state index contributed by atoms with van der Waals surface area (Å²) in [5.74, 6) is -0.572. The predicted octanol–water partition coefficient (Wildman–Crippen LogP) is 1.53. The Morgan fingerprint density at radius 1 is 1.14 bits per heavy atom. The van der Waals surface area contributed by atoms with Crippen molar-refractivity contribution < 1.29 is 19.8 Å². The maximum Gasteiger partial charge on any atom is 0.320 e. The van der Waals surface area contributed by atoms with Gasteiger partial charge in [-0.05, 0) is 44.9 Å². The van der Waals surface area contributed by atoms with Gasteiger partial charge in [0.15, 0.2) is 0 Å². The molecule has 2 fully saturated rings. The molecular formula is C15H26N2O4. The van der Waals surface area contributed by atoms with E-state index in [2.05, 4.69) is 0 Å². The first-order valence-corrected chi connectivity index (χ1v) is 7.94. The van der Waals surface area contributed by atoms with Gasteiger partial charge in [0.25, 0.3) is 0 Å². The second kappa shape index (κ2) is 7.11. The lowest BCUT2D eigenvalue weighted by Crippen LogP contribution is -2.53. The number of aliphatic hydroxyl groups excluding tert-OH is 1. The number of urea groups is 1. The van der Waals surface area contributed by atoms with Crippen LogP contribution in [0.2, 0.25) is 0 Å². The number of rotatable bonds is 3. The molecule has 2 unspecified atom stereocenters. The number of amides is 2. The van der Waals surface area contributed by atoms with E-state index in [0.29, 0.717) is 19.6 Å². The fourth-order valence-corrected chi connectivity index (χ4v) is 3.42. The molecule has 2 atom stereocenters. The van der Waals surface area contributed by atoms with E-state index < -0.39 is 5.97 Å². The van der Waals surface area contributed by atoms with Crippen molar-refractivity contribution in [1.29, 1.82) is 0 Å². The molecule has 0 aromatic heterocycles. The molecule has 2 saturated heterocycles. The Morgan fingerprint density at radius 2 is 1.81 bits per heavy atom. The van der Waals surface area contributed by atoms with Crippen LogP contribution in [0.25, 0.3) is 0 Å². The minimum Gasteiger partial charge on any atom is -0.481 e. The van der Waals surface area contributed by atoms with Crippen molar-refractivity contribution in [3.05, 3.63) is 0 Å². The SMILES string of the molecule is CC(O)C1CCN(C(=O)N2CCCCC2CC(=O)O)CC1. The zero-order valence-corrected chi connectivity index (χ0v) is 12.7. The molecule has 2 rings (SSSR count). The first-order chi connectivity index (χ1) is 9.99. The van der Waals surface area contributed by atoms with Crippen molar-refractivity contribution in [2.24, 2.45) is 5.92 Å². The predicted molar refractivity (Wildman–Crippen MR) is 78.0 cm³/mol. The Labute approximate surface area is 125 Å². The highest BCUT2D eigenvalue weighted by Gasteiger charge is 2.33. The zero-order chi connectivity index (χ0) is 15.4. The number of likely N-dealkylation sites (tertiary alicyclic amines) is 2. The molecular weight excluding hydrogens is 272 g/mol. The van der Waals surface area contributed by atoms with E-state index >= 15 is 0 Å². The van der Waals surface area contributed by atoms with Crippen LogP contribution < -0.4 is 0 Å². The van der Waals surface area contributed by atoms with Gasteiger partial charge in [0, 0.05) is 25.7 Å². The maximum absolute atomic E-state index is 12.6. The molecule has 120 valence electrons. The first-order valence-electron chi connectivity index (χ1n) is 7.94. The second-order valence-electron chi connectivity index (χ2n) is 6.29. The standard InChI is InChI=1S/C15H26N2O4/c1-11(18)12-5-8-16(9-6-12)15(21)17-7-3-2-4-13(17)10-14(19)20/h11-13,18H,2-10H2,1H3,(H,19,20). The Balaban J connectivity index is 1.93. The number of hydrogen-bond donors (Lipinski definition) is 2. The van der Waals surface area contributed by atoms with Gasteiger partial charge in [-0.15, -0.1) is 0 Å². The highest BCUT2D eigenvalue weighted by atomic mass is 16.4. The number of hydrogen-bond acceptors (Lipinski definition) is 3. The summed E-state index contributed by atoms with van der Waals surface area (Å²) in [6.07, 6.45) is 4.08. The van der Waals surface area contributed by atoms with Gasteiger partial charge in [-0.25, -0.2) is 4.79 Å². The van der Waals surface area contributed by atoms with Gasteiger partial charge in [0.2, 0.25) is 0 Å². The molecule has 0 bridgehead atoms. The van der Waals surface area contributed by atoms with Gasteiger partial charge in [-0.1, -0.05) is 0 Å². The molecule has 0 aromatic rings. The summed E-state index contributed by atoms with van der Waals surface area (Å²) in [6, 6.07) is -0.191. The largest absolute Gasteiger partial charge is 0.481 e. The minimum atomic E-state index is -0.840. The monoisotopic (exact) mass is 298 g/mol. The average Bonchev–Trinajstić information content (AvgIpc) is 2.46. The normalized spacial score (nSPS) is 25.7. The molecule has 0 spiro atoms. The topological polar surface area (TPSA) is 81.1 Å². The summed E-state index contributed by atoms with van der Waals surface area (Å²) in [4.78, 5) is 27.1. The van der Waals surface area contributed by atoms with E-state index in [-0.39, 0.29) is 30.5 Å². The molecule has 0 radical (unpaired) electrons. The molecule has 2 heterocycles. The number of carboxylic acid groups (broad SMARTS) is 1. The summed E-state index contributed by atoms with van der Waals surface area (Å²) in [5, 5.41) is 18.6. The Kier molecular flexibility index (Phi) is 5.45. The van der Waals surface area contributed by atoms with Crippen molar-refractivity contribution in [2.45, 2.75) is 57.6 Å². The van der Waals surface area contributed by atoms with Crippen LogP contribution in [0, 0.1) is 5.92 Å². The molecule has 21 heavy (non-hydrogen) atoms. The third kappa shape index (κ3) is 4.09. The van der Waals surface area contributed by atoms with Gasteiger partial charge >= 0.3 is 12.0 Å². The van der Waals surface area contributed by atoms with Gasteiger partial charge in [0.1, 0.15) is 0 Å². The third-order valence-electron chi connectivity index (χ3n) is 4.78. The summed E-state index contributed by atoms with van der Waals surface area (Å²) in [5.41, 5.74) is 0. The molecule has 0 aromatic carbocycles. The Bertz CT molecular complexity index is 378. The van der Waals surface area contributed by atoms with Crippen LogP contribution in [-0.4, -0.2) is 63.8 Å². The lowest BCUT2D eigenvalue weighted by molar-refractivity contribution is -0.138. The number of aliphatic carboxylic acids is 1. The molecule has 0 aliphatic carbocycles. The van der Waals surface area contributed by atoms with Gasteiger partial charge in [-0.3, -0.25) is 4.79 Å². The fraction of sp³-hybridized carbons (Fsp3) is 0.867. The lowest BCUT2D eigenvalue weighted by atomic mass is 9.92. The van der Waals surface area contributed by atoms with E-state index in [1.54, 1.807) is 11.8 Å². The second-order valence-corrected chi connectivity index (χ2v) is 6.29. The lowest BCUT2D eigenvalue weighted by Gasteiger charge is -2.41. The number of nitrogens with zero attached hydrogens (tertiary/aromatic N) is 2. The summed E-state index contributed by atoms with van der Waals surface area (Å²) in [6.45, 7) is 3.78. The summed E-state index contributed by atoms with van der Waals surface area (Å²) < 4.78 is 0. The van der Waals surface area contributed by atoms with Crippen molar-refractivity contribution >= 4 is 12.0 Å². The molecule has 6 heteroatoms. The summed E-state index contributed by atoms with van der Waals surface area (Å²) >= 11 is 0. The molecule has 2 aliphatic heterocycles. The van der Waals surface area contributed by atoms with Crippen LogP contribution in [0.15, 0.2) is 0 Å². The number of aliphatic hydroxyl groups is 1. The van der Waals surface area contributed by atoms with Crippen molar-refractivity contribution in [3.8, 4) is 0 Å². The molecule has 2 aliphatic rings. The Hall–Kier alpha value is -1.30. The molecule has 6 nitrogen and oxygen atoms in total. The van der Waals surface area contributed by atoms with Gasteiger partial charge in [0.05, 0.1) is 12.5 Å². The summed E-state index contributed by atoms with van der Waals surface area (Å²) in [7, 11) is 0. The van der Waals surface area contributed by atoms with Crippen LogP contribution in [0.1, 0.15) is 45.4 Å². The van der Waals surface area contributed by atoms with Crippen LogP contribution in [0.4, 0.5) is 4.79 Å². The molecule has 2 N–H and O–H groups in total. The highest BCUT2D eigenvalue weighted by Crippen LogP contribution is 2.25. The van der Waals surface area contributed by atoms with Gasteiger partial charge in [-0.2, -0.15) is 0 Å². The van der Waals surface area contributed by atoms with Crippen LogP contribution >= 0.6 is 0 Å². The van der Waals surface area contributed by atoms with E-state index in [1.807, 2.05) is 4.90 Å². The molecule has 0 saturated carbocycles. The highest BCUT2D eigenvalue weighted by molar-refractivity contribution is 5.76. The number of piperidine rings is 2. The first kappa shape index (κ1) is 16.1. The van der Waals surface area contributed by atoms with Gasteiger partial charge < -0.3 is 20.0 Å². The minimum absolute atomic E-state index is 0.0232. The van der Waals surface area contributed by atoms with Crippen molar-refractivity contribution in [3.63, 3.8) is 0 Å². The maximum atomic E-state index is 12.6. The Morgan fingerprint density at radius 3 is 2.38 bits per heavy atom. The zero-order valence-electron chi connectivity index (χ0n) is 12.7. The van der Waals surface area contributed by atoms with Crippen molar-refractivity contribution in [1.82, 2.24) is 9.80 Å². The quantitative estimate of drug-likeness (QED) is 0.828. The fourth-order valence-electron chi connectivity index (χ4n) is 3.42. The van der Waals surface area contributed by atoms with Crippen molar-refractivity contribution in [2.75, 3.05) is 19.6 Å². The van der Waals surface area contributed by atoms with Crippen LogP contribution in [-0.2, 0) is 4.79 Å². The van der Waals surface area contributed by atoms with E-state index in [0.717, 1.165) is 32.1 Å². The molecule has 2 amide bonds. The number of carboxylic acids is 1. The smallest absolute Gasteiger partial charge is 0.320 e. The van der Waals surface area contributed by atoms with Crippen LogP contribution in [0.5, 0.6) is 0 Å². The van der Waals surface area contributed by atoms with E-state index in [4.69, 9.17) is 5.11 Å². The van der Waals surface area contributed by atoms with E-state index in [1.165, 1.54) is 0 Å². The average molecular weight is 298 g/mol. The number of carbonyl (C=O) groups is 2. The number of carbonyl (C=O) groups excluding carboxylic acids is 1. The van der Waals surface area contributed by atoms with E-state index in [9.17, 15) is 14.7 Å². The van der Waals surface area contributed by atoms with Crippen LogP contribution in [0.3, 0.4) is 0 Å².